The highest BCUT2D eigenvalue weighted by molar-refractivity contribution is 7.89. The molecule has 2 atom stereocenters. The van der Waals surface area contributed by atoms with E-state index in [9.17, 15) is 35.9 Å². The minimum absolute atomic E-state index is 0.00525. The quantitative estimate of drug-likeness (QED) is 0.267. The molecule has 0 spiro atoms. The molecular formula is C27H36F4N2O5S. The van der Waals surface area contributed by atoms with Crippen molar-refractivity contribution in [3.8, 4) is 0 Å². The number of carboxylic acid groups (broad SMARTS) is 1. The zero-order valence-corrected chi connectivity index (χ0v) is 23.1. The number of rotatable bonds is 15. The number of carbonyl (C=O) groups is 1. The highest BCUT2D eigenvalue weighted by Crippen LogP contribution is 2.33. The molecule has 0 aromatic heterocycles. The van der Waals surface area contributed by atoms with E-state index in [4.69, 9.17) is 5.11 Å². The molecule has 0 aliphatic rings. The Labute approximate surface area is 226 Å². The van der Waals surface area contributed by atoms with Gasteiger partial charge in [0, 0.05) is 32.1 Å². The fourth-order valence-corrected chi connectivity index (χ4v) is 5.76. The van der Waals surface area contributed by atoms with Crippen LogP contribution in [0.2, 0.25) is 0 Å². The Balaban J connectivity index is 2.15. The lowest BCUT2D eigenvalue weighted by Gasteiger charge is -2.33. The summed E-state index contributed by atoms with van der Waals surface area (Å²) in [5, 5.41) is 22.7. The summed E-state index contributed by atoms with van der Waals surface area (Å²) in [6.45, 7) is 3.51. The zero-order valence-electron chi connectivity index (χ0n) is 22.3. The molecule has 0 heterocycles. The first-order valence-corrected chi connectivity index (χ1v) is 14.1. The van der Waals surface area contributed by atoms with E-state index in [1.807, 2.05) is 13.8 Å². The molecule has 0 saturated heterocycles. The van der Waals surface area contributed by atoms with Gasteiger partial charge in [0.1, 0.15) is 5.82 Å². The number of aliphatic hydroxyl groups excluding tert-OH is 1. The number of halogens is 4. The molecule has 0 unspecified atom stereocenters. The van der Waals surface area contributed by atoms with Gasteiger partial charge in [0.2, 0.25) is 10.0 Å². The lowest BCUT2D eigenvalue weighted by atomic mass is 9.88. The van der Waals surface area contributed by atoms with Crippen LogP contribution in [0.4, 0.5) is 17.6 Å². The van der Waals surface area contributed by atoms with Crippen LogP contribution < -0.4 is 5.32 Å². The minimum Gasteiger partial charge on any atom is -0.481 e. The molecule has 2 aromatic rings. The van der Waals surface area contributed by atoms with Crippen LogP contribution in [0.3, 0.4) is 0 Å². The van der Waals surface area contributed by atoms with Gasteiger partial charge in [0.25, 0.3) is 0 Å². The number of aryl methyl sites for hydroxylation is 1. The lowest BCUT2D eigenvalue weighted by molar-refractivity contribution is -0.138. The first kappa shape index (κ1) is 32.7. The number of aliphatic hydroxyl groups is 1. The van der Waals surface area contributed by atoms with Crippen LogP contribution in [0.25, 0.3) is 0 Å². The number of aliphatic carboxylic acids is 1. The van der Waals surface area contributed by atoms with Gasteiger partial charge in [-0.05, 0) is 74.1 Å². The average Bonchev–Trinajstić information content (AvgIpc) is 2.82. The fourth-order valence-electron chi connectivity index (χ4n) is 4.45. The van der Waals surface area contributed by atoms with Crippen molar-refractivity contribution in [3.05, 3.63) is 65.0 Å². The van der Waals surface area contributed by atoms with E-state index in [1.54, 1.807) is 12.1 Å². The molecule has 2 aromatic carbocycles. The normalized spacial score (nSPS) is 14.8. The van der Waals surface area contributed by atoms with Crippen LogP contribution >= 0.6 is 0 Å². The third-order valence-corrected chi connectivity index (χ3v) is 8.18. The van der Waals surface area contributed by atoms with Crippen molar-refractivity contribution in [1.82, 2.24) is 9.62 Å². The summed E-state index contributed by atoms with van der Waals surface area (Å²) in [6, 6.07) is 8.62. The van der Waals surface area contributed by atoms with Crippen LogP contribution in [-0.4, -0.2) is 60.7 Å². The maximum atomic E-state index is 13.6. The second kappa shape index (κ2) is 13.7. The van der Waals surface area contributed by atoms with Crippen LogP contribution in [0.5, 0.6) is 0 Å². The summed E-state index contributed by atoms with van der Waals surface area (Å²) in [6.07, 6.45) is -4.30. The van der Waals surface area contributed by atoms with E-state index < -0.39 is 44.3 Å². The summed E-state index contributed by atoms with van der Waals surface area (Å²) in [5.74, 6) is -1.47. The maximum Gasteiger partial charge on any atom is 0.416 e. The molecule has 0 radical (unpaired) electrons. The first-order chi connectivity index (χ1) is 18.1. The molecule has 3 N–H and O–H groups in total. The molecule has 0 aliphatic heterocycles. The van der Waals surface area contributed by atoms with Crippen LogP contribution in [0.1, 0.15) is 56.2 Å². The molecule has 39 heavy (non-hydrogen) atoms. The Kier molecular flexibility index (Phi) is 11.5. The molecule has 0 saturated carbocycles. The Morgan fingerprint density at radius 2 is 1.82 bits per heavy atom. The highest BCUT2D eigenvalue weighted by atomic mass is 32.2. The van der Waals surface area contributed by atoms with Crippen molar-refractivity contribution in [1.29, 1.82) is 0 Å². The summed E-state index contributed by atoms with van der Waals surface area (Å²) in [7, 11) is -3.24. The number of nitrogens with zero attached hydrogens (tertiary/aromatic N) is 1. The van der Waals surface area contributed by atoms with E-state index in [1.165, 1.54) is 19.2 Å². The van der Waals surface area contributed by atoms with Crippen LogP contribution in [0.15, 0.2) is 47.4 Å². The van der Waals surface area contributed by atoms with Crippen molar-refractivity contribution >= 4 is 16.0 Å². The Hall–Kier alpha value is -2.54. The molecule has 0 bridgehead atoms. The maximum absolute atomic E-state index is 13.6. The van der Waals surface area contributed by atoms with Crippen LogP contribution in [0, 0.1) is 5.82 Å². The zero-order chi connectivity index (χ0) is 29.4. The van der Waals surface area contributed by atoms with Gasteiger partial charge in [0.15, 0.2) is 0 Å². The number of hydrogen-bond acceptors (Lipinski definition) is 5. The SMILES string of the molecule is CCC[C@](C)(Cc1cccc(F)c1)NC[C@@H](O)CN(C)S(=O)(=O)c1cc(CCCC(=O)O)cc(C(F)(F)F)c1. The number of sulfonamides is 1. The second-order valence-corrected chi connectivity index (χ2v) is 12.1. The Morgan fingerprint density at radius 3 is 2.41 bits per heavy atom. The number of likely N-dealkylation sites (N-methyl/N-ethyl adjacent to an activating group) is 1. The molecule has 0 aliphatic carbocycles. The Bertz CT molecular complexity index is 1220. The first-order valence-electron chi connectivity index (χ1n) is 12.6. The number of benzene rings is 2. The average molecular weight is 577 g/mol. The third-order valence-electron chi connectivity index (χ3n) is 6.38. The Morgan fingerprint density at radius 1 is 1.13 bits per heavy atom. The number of alkyl halides is 3. The number of β-amino-alcohol motifs (C(OH)–C–C–N with tert-alkyl or cyclic N) is 1. The predicted molar refractivity (Wildman–Crippen MR) is 139 cm³/mol. The molecule has 0 amide bonds. The molecule has 0 fully saturated rings. The largest absolute Gasteiger partial charge is 0.481 e. The molecular weight excluding hydrogens is 540 g/mol. The van der Waals surface area contributed by atoms with Crippen molar-refractivity contribution < 1.29 is 41.0 Å². The summed E-state index contributed by atoms with van der Waals surface area (Å²) < 4.78 is 81.2. The van der Waals surface area contributed by atoms with Crippen molar-refractivity contribution in [2.24, 2.45) is 0 Å². The number of hydrogen-bond donors (Lipinski definition) is 3. The van der Waals surface area contributed by atoms with Crippen molar-refractivity contribution in [3.63, 3.8) is 0 Å². The second-order valence-electron chi connectivity index (χ2n) is 10.0. The van der Waals surface area contributed by atoms with E-state index in [0.29, 0.717) is 18.9 Å². The summed E-state index contributed by atoms with van der Waals surface area (Å²) >= 11 is 0. The highest BCUT2D eigenvalue weighted by Gasteiger charge is 2.34. The standard InChI is InChI=1S/C27H36F4N2O5S/c1-4-11-26(2,16-20-8-5-9-22(28)13-20)32-17-23(34)18-33(3)39(37,38)24-14-19(7-6-10-25(35)36)12-21(15-24)27(29,30)31/h5,8-9,12-15,23,32,34H,4,6-7,10-11,16-18H2,1-3H3,(H,35,36)/t23-,26-/m1/s1. The molecule has 2 rings (SSSR count). The molecule has 7 nitrogen and oxygen atoms in total. The van der Waals surface area contributed by atoms with Gasteiger partial charge < -0.3 is 15.5 Å². The topological polar surface area (TPSA) is 107 Å². The third kappa shape index (κ3) is 10.2. The van der Waals surface area contributed by atoms with Crippen LogP contribution in [-0.2, 0) is 33.8 Å². The van der Waals surface area contributed by atoms with E-state index in [0.717, 1.165) is 28.4 Å². The molecule has 12 heteroatoms. The predicted octanol–water partition coefficient (Wildman–Crippen LogP) is 4.62. The van der Waals surface area contributed by atoms with Crippen molar-refractivity contribution in [2.45, 2.75) is 75.1 Å². The smallest absolute Gasteiger partial charge is 0.416 e. The van der Waals surface area contributed by atoms with Gasteiger partial charge in [-0.3, -0.25) is 4.79 Å². The van der Waals surface area contributed by atoms with Gasteiger partial charge in [-0.1, -0.05) is 25.5 Å². The van der Waals surface area contributed by atoms with Gasteiger partial charge >= 0.3 is 12.1 Å². The van der Waals surface area contributed by atoms with Gasteiger partial charge in [0.05, 0.1) is 16.6 Å². The monoisotopic (exact) mass is 576 g/mol. The minimum atomic E-state index is -4.81. The number of nitrogens with one attached hydrogen (secondary N) is 1. The lowest BCUT2D eigenvalue weighted by Crippen LogP contribution is -2.49. The van der Waals surface area contributed by atoms with E-state index in [-0.39, 0.29) is 43.7 Å². The summed E-state index contributed by atoms with van der Waals surface area (Å²) in [4.78, 5) is 10.2. The van der Waals surface area contributed by atoms with Crippen molar-refractivity contribution in [2.75, 3.05) is 20.1 Å². The molecule has 218 valence electrons. The van der Waals surface area contributed by atoms with E-state index in [2.05, 4.69) is 5.32 Å². The van der Waals surface area contributed by atoms with Gasteiger partial charge in [-0.2, -0.15) is 17.5 Å². The summed E-state index contributed by atoms with van der Waals surface area (Å²) in [5.41, 5.74) is -0.867. The fraction of sp³-hybridized carbons (Fsp3) is 0.519. The van der Waals surface area contributed by atoms with Gasteiger partial charge in [-0.25, -0.2) is 12.8 Å². The number of carboxylic acids is 1. The van der Waals surface area contributed by atoms with E-state index >= 15 is 0 Å². The van der Waals surface area contributed by atoms with Gasteiger partial charge in [-0.15, -0.1) is 0 Å².